The highest BCUT2D eigenvalue weighted by Crippen LogP contribution is 2.16. The number of amides is 1. The van der Waals surface area contributed by atoms with Gasteiger partial charge in [0.2, 0.25) is 0 Å². The molecule has 0 spiro atoms. The van der Waals surface area contributed by atoms with Gasteiger partial charge in [0.05, 0.1) is 12.2 Å². The highest BCUT2D eigenvalue weighted by molar-refractivity contribution is 5.96. The van der Waals surface area contributed by atoms with E-state index in [0.29, 0.717) is 24.6 Å². The molecule has 1 aliphatic rings. The van der Waals surface area contributed by atoms with Gasteiger partial charge in [-0.3, -0.25) is 4.79 Å². The number of likely N-dealkylation sites (N-methyl/N-ethyl adjacent to an activating group) is 1. The molecule has 0 aliphatic carbocycles. The number of rotatable bonds is 7. The Morgan fingerprint density at radius 3 is 2.65 bits per heavy atom. The zero-order valence-corrected chi connectivity index (χ0v) is 13.1. The molecule has 0 saturated heterocycles. The van der Waals surface area contributed by atoms with Crippen LogP contribution in [-0.2, 0) is 9.53 Å². The first-order valence-electron chi connectivity index (χ1n) is 7.06. The smallest absolute Gasteiger partial charge is 0.254 e. The SMILES string of the molecule is C=C1C=CC(C(=O)N(C)C)=CN1CCOCCC(C)C. The second-order valence-electron chi connectivity index (χ2n) is 5.60. The monoisotopic (exact) mass is 278 g/mol. The molecule has 20 heavy (non-hydrogen) atoms. The quantitative estimate of drug-likeness (QED) is 0.670. The van der Waals surface area contributed by atoms with Crippen molar-refractivity contribution in [2.45, 2.75) is 20.3 Å². The number of carbonyl (C=O) groups excluding carboxylic acids is 1. The van der Waals surface area contributed by atoms with Gasteiger partial charge < -0.3 is 14.5 Å². The Morgan fingerprint density at radius 1 is 1.35 bits per heavy atom. The minimum atomic E-state index is -0.000485. The maximum atomic E-state index is 11.9. The summed E-state index contributed by atoms with van der Waals surface area (Å²) in [5.41, 5.74) is 1.55. The van der Waals surface area contributed by atoms with Crippen LogP contribution in [0.3, 0.4) is 0 Å². The largest absolute Gasteiger partial charge is 0.380 e. The summed E-state index contributed by atoms with van der Waals surface area (Å²) in [5.74, 6) is 0.659. The third-order valence-corrected chi connectivity index (χ3v) is 3.09. The van der Waals surface area contributed by atoms with Crippen molar-refractivity contribution in [2.24, 2.45) is 5.92 Å². The molecule has 0 bridgehead atoms. The van der Waals surface area contributed by atoms with Gasteiger partial charge in [-0.15, -0.1) is 0 Å². The molecule has 0 unspecified atom stereocenters. The van der Waals surface area contributed by atoms with E-state index in [1.807, 2.05) is 17.2 Å². The Hall–Kier alpha value is -1.55. The lowest BCUT2D eigenvalue weighted by molar-refractivity contribution is -0.124. The van der Waals surface area contributed by atoms with E-state index in [1.54, 1.807) is 25.1 Å². The zero-order chi connectivity index (χ0) is 15.1. The van der Waals surface area contributed by atoms with Gasteiger partial charge in [0.1, 0.15) is 0 Å². The van der Waals surface area contributed by atoms with Crippen LogP contribution >= 0.6 is 0 Å². The van der Waals surface area contributed by atoms with Gasteiger partial charge in [0.25, 0.3) is 5.91 Å². The number of hydrogen-bond acceptors (Lipinski definition) is 3. The van der Waals surface area contributed by atoms with E-state index in [0.717, 1.165) is 18.7 Å². The van der Waals surface area contributed by atoms with Crippen LogP contribution in [0.5, 0.6) is 0 Å². The first-order valence-corrected chi connectivity index (χ1v) is 7.06. The first kappa shape index (κ1) is 16.5. The molecule has 0 radical (unpaired) electrons. The number of nitrogens with zero attached hydrogens (tertiary/aromatic N) is 2. The molecule has 0 atom stereocenters. The number of hydrogen-bond donors (Lipinski definition) is 0. The maximum absolute atomic E-state index is 11.9. The minimum Gasteiger partial charge on any atom is -0.380 e. The fraction of sp³-hybridized carbons (Fsp3) is 0.562. The molecule has 0 N–H and O–H groups in total. The Morgan fingerprint density at radius 2 is 2.05 bits per heavy atom. The standard InChI is InChI=1S/C16H26N2O2/c1-13(2)8-10-20-11-9-18-12-15(7-6-14(18)3)16(19)17(4)5/h6-7,12-13H,3,8-11H2,1-2,4-5H3. The van der Waals surface area contributed by atoms with E-state index >= 15 is 0 Å². The van der Waals surface area contributed by atoms with Crippen LogP contribution in [0, 0.1) is 5.92 Å². The summed E-state index contributed by atoms with van der Waals surface area (Å²) in [6.45, 7) is 10.5. The molecule has 1 amide bonds. The van der Waals surface area contributed by atoms with Crippen molar-refractivity contribution in [3.63, 3.8) is 0 Å². The molecule has 112 valence electrons. The van der Waals surface area contributed by atoms with Crippen LogP contribution in [-0.4, -0.2) is 49.6 Å². The summed E-state index contributed by atoms with van der Waals surface area (Å²) in [6.07, 6.45) is 6.59. The molecule has 1 rings (SSSR count). The Labute approximate surface area is 122 Å². The predicted octanol–water partition coefficient (Wildman–Crippen LogP) is 2.41. The molecule has 0 saturated carbocycles. The number of allylic oxidation sites excluding steroid dienone is 1. The molecular formula is C16H26N2O2. The van der Waals surface area contributed by atoms with Crippen LogP contribution in [0.25, 0.3) is 0 Å². The first-order chi connectivity index (χ1) is 9.41. The van der Waals surface area contributed by atoms with Crippen molar-refractivity contribution in [1.29, 1.82) is 0 Å². The highest BCUT2D eigenvalue weighted by atomic mass is 16.5. The van der Waals surface area contributed by atoms with Gasteiger partial charge in [0.15, 0.2) is 0 Å². The maximum Gasteiger partial charge on any atom is 0.254 e. The summed E-state index contributed by atoms with van der Waals surface area (Å²) in [7, 11) is 3.50. The predicted molar refractivity (Wildman–Crippen MR) is 82.0 cm³/mol. The van der Waals surface area contributed by atoms with Gasteiger partial charge in [-0.05, 0) is 24.5 Å². The van der Waals surface area contributed by atoms with Crippen molar-refractivity contribution < 1.29 is 9.53 Å². The van der Waals surface area contributed by atoms with E-state index in [1.165, 1.54) is 0 Å². The number of carbonyl (C=O) groups is 1. The van der Waals surface area contributed by atoms with E-state index in [2.05, 4.69) is 20.4 Å². The average Bonchev–Trinajstić information content (AvgIpc) is 2.39. The molecule has 4 nitrogen and oxygen atoms in total. The van der Waals surface area contributed by atoms with E-state index < -0.39 is 0 Å². The van der Waals surface area contributed by atoms with Crippen molar-refractivity contribution in [3.05, 3.63) is 36.2 Å². The van der Waals surface area contributed by atoms with E-state index in [9.17, 15) is 4.79 Å². The Bertz CT molecular complexity index is 409. The van der Waals surface area contributed by atoms with Crippen LogP contribution < -0.4 is 0 Å². The summed E-state index contributed by atoms with van der Waals surface area (Å²) in [6, 6.07) is 0. The van der Waals surface area contributed by atoms with Crippen molar-refractivity contribution in [1.82, 2.24) is 9.80 Å². The molecule has 1 aliphatic heterocycles. The molecule has 0 aromatic heterocycles. The summed E-state index contributed by atoms with van der Waals surface area (Å²) in [5, 5.41) is 0. The number of ether oxygens (including phenoxy) is 1. The second-order valence-corrected chi connectivity index (χ2v) is 5.60. The fourth-order valence-electron chi connectivity index (χ4n) is 1.75. The molecule has 4 heteroatoms. The third kappa shape index (κ3) is 5.21. The Balaban J connectivity index is 2.46. The second kappa shape index (κ2) is 7.90. The summed E-state index contributed by atoms with van der Waals surface area (Å²) in [4.78, 5) is 15.5. The topological polar surface area (TPSA) is 32.8 Å². The highest BCUT2D eigenvalue weighted by Gasteiger charge is 2.15. The lowest BCUT2D eigenvalue weighted by Crippen LogP contribution is -2.28. The van der Waals surface area contributed by atoms with Crippen molar-refractivity contribution in [2.75, 3.05) is 33.9 Å². The zero-order valence-electron chi connectivity index (χ0n) is 13.1. The lowest BCUT2D eigenvalue weighted by Gasteiger charge is -2.25. The van der Waals surface area contributed by atoms with Gasteiger partial charge in [-0.2, -0.15) is 0 Å². The van der Waals surface area contributed by atoms with Gasteiger partial charge in [0, 0.05) is 39.1 Å². The van der Waals surface area contributed by atoms with E-state index in [4.69, 9.17) is 4.74 Å². The fourth-order valence-corrected chi connectivity index (χ4v) is 1.75. The molecule has 0 fully saturated rings. The summed E-state index contributed by atoms with van der Waals surface area (Å²) >= 11 is 0. The van der Waals surface area contributed by atoms with Gasteiger partial charge in [-0.1, -0.05) is 20.4 Å². The third-order valence-electron chi connectivity index (χ3n) is 3.09. The average molecular weight is 278 g/mol. The van der Waals surface area contributed by atoms with Crippen LogP contribution in [0.4, 0.5) is 0 Å². The van der Waals surface area contributed by atoms with Gasteiger partial charge in [-0.25, -0.2) is 0 Å². The molecule has 0 aromatic rings. The molecular weight excluding hydrogens is 252 g/mol. The van der Waals surface area contributed by atoms with Gasteiger partial charge >= 0.3 is 0 Å². The van der Waals surface area contributed by atoms with Crippen LogP contribution in [0.15, 0.2) is 36.2 Å². The van der Waals surface area contributed by atoms with Crippen LogP contribution in [0.1, 0.15) is 20.3 Å². The molecule has 1 heterocycles. The Kier molecular flexibility index (Phi) is 6.52. The minimum absolute atomic E-state index is 0.000485. The van der Waals surface area contributed by atoms with Crippen molar-refractivity contribution in [3.8, 4) is 0 Å². The lowest BCUT2D eigenvalue weighted by atomic mass is 10.1. The normalized spacial score (nSPS) is 14.8. The van der Waals surface area contributed by atoms with Crippen molar-refractivity contribution >= 4 is 5.91 Å². The van der Waals surface area contributed by atoms with Crippen LogP contribution in [0.2, 0.25) is 0 Å². The summed E-state index contributed by atoms with van der Waals surface area (Å²) < 4.78 is 5.61. The van der Waals surface area contributed by atoms with E-state index in [-0.39, 0.29) is 5.91 Å². The molecule has 0 aromatic carbocycles.